The molecule has 3 amide bonds. The number of halogens is 1. The average molecular weight is 465 g/mol. The smallest absolute Gasteiger partial charge is 0.416 e. The van der Waals surface area contributed by atoms with E-state index in [2.05, 4.69) is 20.8 Å². The van der Waals surface area contributed by atoms with Crippen LogP contribution >= 0.6 is 11.6 Å². The molecule has 1 aromatic carbocycles. The minimum absolute atomic E-state index is 0.0971. The van der Waals surface area contributed by atoms with Gasteiger partial charge in [-0.05, 0) is 25.1 Å². The summed E-state index contributed by atoms with van der Waals surface area (Å²) >= 11 is 5.96. The predicted molar refractivity (Wildman–Crippen MR) is 115 cm³/mol. The van der Waals surface area contributed by atoms with Crippen molar-refractivity contribution in [2.45, 2.75) is 13.5 Å². The Morgan fingerprint density at radius 2 is 2.12 bits per heavy atom. The minimum Gasteiger partial charge on any atom is -0.449 e. The zero-order valence-electron chi connectivity index (χ0n) is 17.7. The summed E-state index contributed by atoms with van der Waals surface area (Å²) < 4.78 is 10.1. The third-order valence-corrected chi connectivity index (χ3v) is 4.84. The van der Waals surface area contributed by atoms with E-state index in [0.29, 0.717) is 36.4 Å². The molecule has 172 valence electrons. The van der Waals surface area contributed by atoms with Crippen molar-refractivity contribution < 1.29 is 23.6 Å². The summed E-state index contributed by atoms with van der Waals surface area (Å²) in [6.45, 7) is 5.35. The lowest BCUT2D eigenvalue weighted by atomic mass is 10.2. The van der Waals surface area contributed by atoms with Crippen LogP contribution < -0.4 is 10.6 Å². The van der Waals surface area contributed by atoms with E-state index in [1.54, 1.807) is 25.1 Å². The molecular formula is C20H25ClN6O5. The van der Waals surface area contributed by atoms with Crippen LogP contribution in [0, 0.1) is 0 Å². The lowest BCUT2D eigenvalue weighted by Crippen LogP contribution is -2.52. The highest BCUT2D eigenvalue weighted by Gasteiger charge is 2.30. The van der Waals surface area contributed by atoms with Gasteiger partial charge in [0.25, 0.3) is 5.89 Å². The highest BCUT2D eigenvalue weighted by atomic mass is 35.5. The molecule has 11 nitrogen and oxygen atoms in total. The molecular weight excluding hydrogens is 440 g/mol. The van der Waals surface area contributed by atoms with Crippen LogP contribution in [0.2, 0.25) is 5.02 Å². The molecule has 12 heteroatoms. The molecule has 2 aliphatic rings. The van der Waals surface area contributed by atoms with E-state index in [-0.39, 0.29) is 31.5 Å². The van der Waals surface area contributed by atoms with Crippen molar-refractivity contribution in [2.75, 3.05) is 45.9 Å². The topological polar surface area (TPSA) is 130 Å². The lowest BCUT2D eigenvalue weighted by Gasteiger charge is -2.31. The zero-order valence-corrected chi connectivity index (χ0v) is 18.4. The van der Waals surface area contributed by atoms with Gasteiger partial charge in [-0.2, -0.15) is 4.98 Å². The quantitative estimate of drug-likeness (QED) is 0.677. The number of carbonyl (C=O) groups is 3. The molecule has 0 bridgehead atoms. The van der Waals surface area contributed by atoms with Crippen molar-refractivity contribution in [1.82, 2.24) is 30.6 Å². The number of hydrogen-bond acceptors (Lipinski definition) is 9. The number of ether oxygens (including phenoxy) is 1. The number of nitrogens with zero attached hydrogens (tertiary/aromatic N) is 4. The molecule has 1 aromatic heterocycles. The number of benzene rings is 1. The van der Waals surface area contributed by atoms with Crippen LogP contribution in [-0.4, -0.2) is 83.7 Å². The van der Waals surface area contributed by atoms with Crippen LogP contribution in [-0.2, 0) is 20.9 Å². The number of imide groups is 1. The Morgan fingerprint density at radius 3 is 2.75 bits per heavy atom. The summed E-state index contributed by atoms with van der Waals surface area (Å²) in [5.41, 5.74) is 0.731. The molecule has 0 unspecified atom stereocenters. The van der Waals surface area contributed by atoms with Gasteiger partial charge in [0.15, 0.2) is 5.82 Å². The van der Waals surface area contributed by atoms with Gasteiger partial charge in [-0.25, -0.2) is 9.69 Å². The van der Waals surface area contributed by atoms with Crippen LogP contribution in [0.1, 0.15) is 12.7 Å². The molecule has 0 spiro atoms. The van der Waals surface area contributed by atoms with Crippen molar-refractivity contribution >= 4 is 29.5 Å². The Balaban J connectivity index is 0.000000352. The fraction of sp³-hybridized carbons (Fsp3) is 0.450. The number of rotatable bonds is 4. The van der Waals surface area contributed by atoms with E-state index in [1.165, 1.54) is 0 Å². The molecule has 2 N–H and O–H groups in total. The lowest BCUT2D eigenvalue weighted by molar-refractivity contribution is -0.134. The van der Waals surface area contributed by atoms with E-state index in [0.717, 1.165) is 23.6 Å². The number of hydrogen-bond donors (Lipinski definition) is 2. The average Bonchev–Trinajstić information content (AvgIpc) is 3.23. The second-order valence-corrected chi connectivity index (χ2v) is 7.44. The van der Waals surface area contributed by atoms with E-state index in [4.69, 9.17) is 20.9 Å². The fourth-order valence-corrected chi connectivity index (χ4v) is 3.25. The number of nitrogens with one attached hydrogen (secondary N) is 2. The molecule has 2 aliphatic heterocycles. The Kier molecular flexibility index (Phi) is 8.54. The van der Waals surface area contributed by atoms with Gasteiger partial charge in [-0.1, -0.05) is 22.8 Å². The van der Waals surface area contributed by atoms with Gasteiger partial charge >= 0.3 is 6.09 Å². The van der Waals surface area contributed by atoms with Crippen LogP contribution in [0.15, 0.2) is 28.8 Å². The van der Waals surface area contributed by atoms with Gasteiger partial charge in [-0.3, -0.25) is 14.5 Å². The summed E-state index contributed by atoms with van der Waals surface area (Å²) in [6, 6.07) is 7.12. The first-order valence-electron chi connectivity index (χ1n) is 10.2. The van der Waals surface area contributed by atoms with Crippen molar-refractivity contribution in [3.8, 4) is 11.5 Å². The predicted octanol–water partition coefficient (Wildman–Crippen LogP) is 0.897. The molecule has 0 aliphatic carbocycles. The van der Waals surface area contributed by atoms with E-state index >= 15 is 0 Å². The number of amides is 3. The maximum absolute atomic E-state index is 12.1. The second-order valence-electron chi connectivity index (χ2n) is 7.01. The Hall–Kier alpha value is -3.02. The monoisotopic (exact) mass is 464 g/mol. The van der Waals surface area contributed by atoms with Gasteiger partial charge in [0.2, 0.25) is 11.8 Å². The van der Waals surface area contributed by atoms with Crippen molar-refractivity contribution in [3.63, 3.8) is 0 Å². The van der Waals surface area contributed by atoms with Gasteiger partial charge in [0, 0.05) is 36.8 Å². The standard InChI is InChI=1S/C16H17ClN4O4.C4H8N2O/c1-2-24-16(23)21-7-6-20(10-14(21)22)9-13-18-15(25-19-13)11-4-3-5-12(17)8-11;7-4-3-5-1-2-6-4/h3-5,8H,2,6-7,9-10H2,1H3;5H,1-3H2,(H,6,7). The number of aromatic nitrogens is 2. The molecule has 2 saturated heterocycles. The highest BCUT2D eigenvalue weighted by Crippen LogP contribution is 2.21. The fourth-order valence-electron chi connectivity index (χ4n) is 3.06. The first kappa shape index (κ1) is 23.6. The maximum Gasteiger partial charge on any atom is 0.416 e. The first-order valence-corrected chi connectivity index (χ1v) is 10.6. The Bertz CT molecular complexity index is 944. The zero-order chi connectivity index (χ0) is 22.9. The van der Waals surface area contributed by atoms with Crippen LogP contribution in [0.3, 0.4) is 0 Å². The second kappa shape index (κ2) is 11.6. The molecule has 3 heterocycles. The van der Waals surface area contributed by atoms with Crippen LogP contribution in [0.4, 0.5) is 4.79 Å². The summed E-state index contributed by atoms with van der Waals surface area (Å²) in [5, 5.41) is 10.1. The third kappa shape index (κ3) is 6.74. The highest BCUT2D eigenvalue weighted by molar-refractivity contribution is 6.30. The summed E-state index contributed by atoms with van der Waals surface area (Å²) in [6.07, 6.45) is -0.602. The van der Waals surface area contributed by atoms with Gasteiger partial charge in [-0.15, -0.1) is 0 Å². The Morgan fingerprint density at radius 1 is 1.28 bits per heavy atom. The SMILES string of the molecule is CCOC(=O)N1CCN(Cc2noc(-c3cccc(Cl)c3)n2)CC1=O.O=C1CNCCN1. The summed E-state index contributed by atoms with van der Waals surface area (Å²) in [7, 11) is 0. The van der Waals surface area contributed by atoms with Crippen molar-refractivity contribution in [2.24, 2.45) is 0 Å². The first-order chi connectivity index (χ1) is 15.5. The van der Waals surface area contributed by atoms with E-state index in [1.807, 2.05) is 11.0 Å². The minimum atomic E-state index is -0.602. The third-order valence-electron chi connectivity index (χ3n) is 4.60. The molecule has 0 saturated carbocycles. The normalized spacial score (nSPS) is 16.8. The van der Waals surface area contributed by atoms with Gasteiger partial charge in [0.1, 0.15) is 0 Å². The van der Waals surface area contributed by atoms with Crippen LogP contribution in [0.25, 0.3) is 11.5 Å². The summed E-state index contributed by atoms with van der Waals surface area (Å²) in [5.74, 6) is 0.635. The van der Waals surface area contributed by atoms with Crippen molar-refractivity contribution in [1.29, 1.82) is 0 Å². The molecule has 2 fully saturated rings. The van der Waals surface area contributed by atoms with E-state index in [9.17, 15) is 14.4 Å². The summed E-state index contributed by atoms with van der Waals surface area (Å²) in [4.78, 5) is 41.3. The maximum atomic E-state index is 12.1. The number of piperazine rings is 2. The largest absolute Gasteiger partial charge is 0.449 e. The van der Waals surface area contributed by atoms with Crippen LogP contribution in [0.5, 0.6) is 0 Å². The molecule has 0 radical (unpaired) electrons. The Labute approximate surface area is 190 Å². The molecule has 4 rings (SSSR count). The number of carbonyl (C=O) groups excluding carboxylic acids is 3. The molecule has 32 heavy (non-hydrogen) atoms. The van der Waals surface area contributed by atoms with E-state index < -0.39 is 6.09 Å². The molecule has 2 aromatic rings. The van der Waals surface area contributed by atoms with Crippen molar-refractivity contribution in [3.05, 3.63) is 35.1 Å². The van der Waals surface area contributed by atoms with Gasteiger partial charge < -0.3 is 19.9 Å². The molecule has 0 atom stereocenters. The van der Waals surface area contributed by atoms with Gasteiger partial charge in [0.05, 0.1) is 26.2 Å².